The molecule has 0 saturated carbocycles. The van der Waals surface area contributed by atoms with E-state index in [4.69, 9.17) is 18.9 Å². The molecule has 0 saturated heterocycles. The van der Waals surface area contributed by atoms with Crippen LogP contribution in [-0.2, 0) is 15.4 Å². The molecule has 0 atom stereocenters. The molecule has 0 amide bonds. The number of phenolic OH excluding ortho intramolecular Hbond substituents is 1. The molecule has 9 heteroatoms. The molecule has 0 bridgehead atoms. The Morgan fingerprint density at radius 3 is 1.97 bits per heavy atom. The molecule has 0 aliphatic carbocycles. The summed E-state index contributed by atoms with van der Waals surface area (Å²) in [5.41, 5.74) is 2.03. The predicted molar refractivity (Wildman–Crippen MR) is 146 cm³/mol. The number of phenols is 1. The van der Waals surface area contributed by atoms with Crippen LogP contribution in [0.4, 0.5) is 5.69 Å². The van der Waals surface area contributed by atoms with Crippen molar-refractivity contribution in [2.45, 2.75) is 31.1 Å². The van der Waals surface area contributed by atoms with Crippen molar-refractivity contribution >= 4 is 27.9 Å². The molecule has 0 spiro atoms. The molecular weight excluding hydrogens is 494 g/mol. The molecule has 0 radical (unpaired) electrons. The standard InChI is InChI=1S/C28H33NO7S/c1-28(2,3)20-9-8-10-21(16-20)37(31,32)29-22-17-24(33-4)23(30)15-19(22)12-11-18-13-25(34-5)27(36-7)26(14-18)35-6/h8-17,29-30H,1-7H3/b12-11-. The number of nitrogens with one attached hydrogen (secondary N) is 1. The second-order valence-corrected chi connectivity index (χ2v) is 11.0. The van der Waals surface area contributed by atoms with Crippen molar-refractivity contribution in [1.82, 2.24) is 0 Å². The van der Waals surface area contributed by atoms with Gasteiger partial charge in [-0.25, -0.2) is 8.42 Å². The van der Waals surface area contributed by atoms with Crippen LogP contribution in [0.3, 0.4) is 0 Å². The molecule has 3 aromatic rings. The number of hydrogen-bond acceptors (Lipinski definition) is 7. The van der Waals surface area contributed by atoms with Crippen LogP contribution in [0.2, 0.25) is 0 Å². The summed E-state index contributed by atoms with van der Waals surface area (Å²) in [6.07, 6.45) is 3.41. The zero-order valence-electron chi connectivity index (χ0n) is 22.1. The molecule has 0 fully saturated rings. The highest BCUT2D eigenvalue weighted by atomic mass is 32.2. The minimum Gasteiger partial charge on any atom is -0.504 e. The zero-order chi connectivity index (χ0) is 27.4. The Morgan fingerprint density at radius 2 is 1.43 bits per heavy atom. The lowest BCUT2D eigenvalue weighted by Crippen LogP contribution is -2.16. The Balaban J connectivity index is 2.06. The summed E-state index contributed by atoms with van der Waals surface area (Å²) in [4.78, 5) is 0.131. The Hall–Kier alpha value is -3.85. The lowest BCUT2D eigenvalue weighted by molar-refractivity contribution is 0.324. The number of hydrogen-bond donors (Lipinski definition) is 2. The molecule has 0 unspecified atom stereocenters. The minimum atomic E-state index is -3.95. The third-order valence-electron chi connectivity index (χ3n) is 5.75. The lowest BCUT2D eigenvalue weighted by Gasteiger charge is -2.20. The molecule has 0 aliphatic heterocycles. The zero-order valence-corrected chi connectivity index (χ0v) is 22.9. The Labute approximate surface area is 218 Å². The van der Waals surface area contributed by atoms with Gasteiger partial charge in [-0.2, -0.15) is 0 Å². The molecule has 0 aromatic heterocycles. The summed E-state index contributed by atoms with van der Waals surface area (Å²) < 4.78 is 50.7. The van der Waals surface area contributed by atoms with Crippen LogP contribution in [0.25, 0.3) is 12.2 Å². The number of benzene rings is 3. The fraction of sp³-hybridized carbons (Fsp3) is 0.286. The van der Waals surface area contributed by atoms with Crippen LogP contribution in [0, 0.1) is 0 Å². The molecule has 0 heterocycles. The first-order chi connectivity index (χ1) is 17.4. The van der Waals surface area contributed by atoms with Gasteiger partial charge in [-0.3, -0.25) is 4.72 Å². The summed E-state index contributed by atoms with van der Waals surface area (Å²) in [5, 5.41) is 10.4. The molecule has 198 valence electrons. The highest BCUT2D eigenvalue weighted by molar-refractivity contribution is 7.92. The van der Waals surface area contributed by atoms with Gasteiger partial charge in [-0.15, -0.1) is 0 Å². The average Bonchev–Trinajstić information content (AvgIpc) is 2.87. The first kappa shape index (κ1) is 27.7. The van der Waals surface area contributed by atoms with E-state index in [0.717, 1.165) is 5.56 Å². The van der Waals surface area contributed by atoms with E-state index in [-0.39, 0.29) is 27.5 Å². The molecule has 37 heavy (non-hydrogen) atoms. The lowest BCUT2D eigenvalue weighted by atomic mass is 9.87. The monoisotopic (exact) mass is 527 g/mol. The topological polar surface area (TPSA) is 103 Å². The second kappa shape index (κ2) is 11.0. The van der Waals surface area contributed by atoms with Crippen molar-refractivity contribution in [3.63, 3.8) is 0 Å². The molecule has 8 nitrogen and oxygen atoms in total. The van der Waals surface area contributed by atoms with Gasteiger partial charge in [0.25, 0.3) is 10.0 Å². The van der Waals surface area contributed by atoms with E-state index in [9.17, 15) is 13.5 Å². The maximum Gasteiger partial charge on any atom is 0.261 e. The van der Waals surface area contributed by atoms with Crippen molar-refractivity contribution in [2.24, 2.45) is 0 Å². The van der Waals surface area contributed by atoms with Crippen molar-refractivity contribution in [2.75, 3.05) is 33.2 Å². The number of anilines is 1. The van der Waals surface area contributed by atoms with Gasteiger partial charge in [0.2, 0.25) is 5.75 Å². The Morgan fingerprint density at radius 1 is 0.811 bits per heavy atom. The highest BCUT2D eigenvalue weighted by Gasteiger charge is 2.21. The number of aromatic hydroxyl groups is 1. The van der Waals surface area contributed by atoms with Gasteiger partial charge in [-0.1, -0.05) is 45.1 Å². The van der Waals surface area contributed by atoms with Crippen molar-refractivity contribution < 1.29 is 32.5 Å². The Bertz CT molecular complexity index is 1380. The largest absolute Gasteiger partial charge is 0.504 e. The van der Waals surface area contributed by atoms with E-state index < -0.39 is 10.0 Å². The smallest absolute Gasteiger partial charge is 0.261 e. The normalized spacial score (nSPS) is 11.9. The Kier molecular flexibility index (Phi) is 8.28. The van der Waals surface area contributed by atoms with E-state index in [0.29, 0.717) is 28.4 Å². The van der Waals surface area contributed by atoms with Crippen LogP contribution < -0.4 is 23.7 Å². The maximum atomic E-state index is 13.3. The molecular formula is C28H33NO7S. The SMILES string of the molecule is COc1cc(NS(=O)(=O)c2cccc(C(C)(C)C)c2)c(/C=C\c2cc(OC)c(OC)c(OC)c2)cc1O. The molecule has 3 rings (SSSR count). The van der Waals surface area contributed by atoms with Gasteiger partial charge in [0.1, 0.15) is 0 Å². The third-order valence-corrected chi connectivity index (χ3v) is 7.11. The summed E-state index contributed by atoms with van der Waals surface area (Å²) in [6.45, 7) is 6.05. The van der Waals surface area contributed by atoms with E-state index in [1.165, 1.54) is 40.6 Å². The van der Waals surface area contributed by atoms with E-state index in [1.807, 2.05) is 26.8 Å². The van der Waals surface area contributed by atoms with E-state index >= 15 is 0 Å². The fourth-order valence-corrected chi connectivity index (χ4v) is 4.82. The first-order valence-electron chi connectivity index (χ1n) is 11.5. The van der Waals surface area contributed by atoms with Crippen LogP contribution >= 0.6 is 0 Å². The number of sulfonamides is 1. The van der Waals surface area contributed by atoms with Crippen molar-refractivity contribution in [3.05, 3.63) is 65.2 Å². The second-order valence-electron chi connectivity index (χ2n) is 9.29. The third kappa shape index (κ3) is 6.29. The maximum absolute atomic E-state index is 13.3. The van der Waals surface area contributed by atoms with Gasteiger partial charge in [0.15, 0.2) is 23.0 Å². The van der Waals surface area contributed by atoms with Crippen LogP contribution in [0.5, 0.6) is 28.7 Å². The average molecular weight is 528 g/mol. The van der Waals surface area contributed by atoms with Gasteiger partial charge in [0, 0.05) is 11.6 Å². The van der Waals surface area contributed by atoms with Crippen molar-refractivity contribution in [1.29, 1.82) is 0 Å². The quantitative estimate of drug-likeness (QED) is 0.272. The summed E-state index contributed by atoms with van der Waals surface area (Å²) >= 11 is 0. The molecule has 2 N–H and O–H groups in total. The molecule has 3 aromatic carbocycles. The number of methoxy groups -OCH3 is 4. The van der Waals surface area contributed by atoms with Crippen LogP contribution in [-0.4, -0.2) is 42.0 Å². The van der Waals surface area contributed by atoms with E-state index in [1.54, 1.807) is 42.5 Å². The van der Waals surface area contributed by atoms with Crippen LogP contribution in [0.15, 0.2) is 53.4 Å². The predicted octanol–water partition coefficient (Wildman–Crippen LogP) is 5.70. The summed E-state index contributed by atoms with van der Waals surface area (Å²) in [6, 6.07) is 13.2. The van der Waals surface area contributed by atoms with Gasteiger partial charge in [-0.05, 0) is 46.9 Å². The molecule has 0 aliphatic rings. The number of ether oxygens (including phenoxy) is 4. The highest BCUT2D eigenvalue weighted by Crippen LogP contribution is 2.39. The first-order valence-corrected chi connectivity index (χ1v) is 12.9. The summed E-state index contributed by atoms with van der Waals surface area (Å²) in [7, 11) is 2.01. The number of rotatable bonds is 9. The fourth-order valence-electron chi connectivity index (χ4n) is 3.69. The van der Waals surface area contributed by atoms with E-state index in [2.05, 4.69) is 4.72 Å². The van der Waals surface area contributed by atoms with Crippen LogP contribution in [0.1, 0.15) is 37.5 Å². The van der Waals surface area contributed by atoms with Crippen molar-refractivity contribution in [3.8, 4) is 28.7 Å². The van der Waals surface area contributed by atoms with Gasteiger partial charge >= 0.3 is 0 Å². The summed E-state index contributed by atoms with van der Waals surface area (Å²) in [5.74, 6) is 1.39. The minimum absolute atomic E-state index is 0.131. The van der Waals surface area contributed by atoms with Gasteiger partial charge in [0.05, 0.1) is 39.0 Å². The van der Waals surface area contributed by atoms with Gasteiger partial charge < -0.3 is 24.1 Å².